The molecule has 1 saturated carbocycles. The molecule has 4 unspecified atom stereocenters. The number of likely N-dealkylation sites (tertiary alicyclic amines) is 1. The molecule has 2 aromatic rings. The van der Waals surface area contributed by atoms with Gasteiger partial charge in [-0.15, -0.1) is 0 Å². The number of benzene rings is 2. The zero-order valence-electron chi connectivity index (χ0n) is 21.1. The number of ether oxygens (including phenoxy) is 3. The van der Waals surface area contributed by atoms with Gasteiger partial charge in [0.1, 0.15) is 6.10 Å². The minimum atomic E-state index is -0.822. The average molecular weight is 503 g/mol. The summed E-state index contributed by atoms with van der Waals surface area (Å²) in [5.41, 5.74) is 1.95. The number of carbonyl (C=O) groups is 1. The van der Waals surface area contributed by atoms with Crippen LogP contribution in [0.15, 0.2) is 42.5 Å². The lowest BCUT2D eigenvalue weighted by Crippen LogP contribution is -2.60. The monoisotopic (exact) mass is 502 g/mol. The summed E-state index contributed by atoms with van der Waals surface area (Å²) in [6, 6.07) is 14.2. The molecule has 5 atom stereocenters. The summed E-state index contributed by atoms with van der Waals surface area (Å²) in [7, 11) is 0. The molecule has 0 radical (unpaired) electrons. The molecule has 9 rings (SSSR count). The summed E-state index contributed by atoms with van der Waals surface area (Å²) in [4.78, 5) is 19.0. The van der Waals surface area contributed by atoms with E-state index in [4.69, 9.17) is 14.2 Å². The smallest absolute Gasteiger partial charge is 0.255 e. The van der Waals surface area contributed by atoms with Crippen molar-refractivity contribution in [1.29, 1.82) is 0 Å². The van der Waals surface area contributed by atoms with Crippen LogP contribution in [0.3, 0.4) is 0 Å². The number of hydrogen-bond donors (Lipinski definition) is 1. The molecule has 7 heteroatoms. The number of nitrogens with zero attached hydrogens (tertiary/aromatic N) is 2. The van der Waals surface area contributed by atoms with Gasteiger partial charge in [-0.2, -0.15) is 0 Å². The van der Waals surface area contributed by atoms with Crippen molar-refractivity contribution in [2.75, 3.05) is 19.9 Å². The molecule has 6 bridgehead atoms. The summed E-state index contributed by atoms with van der Waals surface area (Å²) in [6.45, 7) is 2.51. The van der Waals surface area contributed by atoms with Crippen molar-refractivity contribution in [1.82, 2.24) is 9.80 Å². The lowest BCUT2D eigenvalue weighted by Gasteiger charge is -2.50. The second-order valence-corrected chi connectivity index (χ2v) is 12.0. The molecule has 6 aliphatic heterocycles. The molecule has 1 spiro atoms. The van der Waals surface area contributed by atoms with Crippen LogP contribution in [0, 0.1) is 11.3 Å². The minimum Gasteiger partial charge on any atom is -0.504 e. The van der Waals surface area contributed by atoms with E-state index < -0.39 is 17.2 Å². The Morgan fingerprint density at radius 1 is 1.05 bits per heavy atom. The van der Waals surface area contributed by atoms with Crippen molar-refractivity contribution in [2.45, 2.75) is 75.5 Å². The molecule has 4 fully saturated rings. The largest absolute Gasteiger partial charge is 0.504 e. The van der Waals surface area contributed by atoms with Crippen LogP contribution in [-0.4, -0.2) is 64.7 Å². The lowest BCUT2D eigenvalue weighted by molar-refractivity contribution is -0.240. The number of rotatable bonds is 4. The molecule has 6 heterocycles. The van der Waals surface area contributed by atoms with Gasteiger partial charge in [0.05, 0.1) is 11.5 Å². The predicted molar refractivity (Wildman–Crippen MR) is 135 cm³/mol. The van der Waals surface area contributed by atoms with Crippen molar-refractivity contribution in [2.24, 2.45) is 11.3 Å². The summed E-state index contributed by atoms with van der Waals surface area (Å²) in [5, 5.41) is 10.8. The van der Waals surface area contributed by atoms with E-state index >= 15 is 0 Å². The highest BCUT2D eigenvalue weighted by Crippen LogP contribution is 2.61. The van der Waals surface area contributed by atoms with Gasteiger partial charge in [-0.05, 0) is 74.6 Å². The molecule has 3 saturated heterocycles. The molecule has 37 heavy (non-hydrogen) atoms. The SMILES string of the molecule is O=C1[C@H]2OC3CCC4(OCOc5c(O)ccc6c5CC24CCN(CC2CC2)C3C6)N1Cc1ccccc1. The Kier molecular flexibility index (Phi) is 4.81. The number of phenolic OH excluding ortho intramolecular Hbond substituents is 1. The topological polar surface area (TPSA) is 71.5 Å². The van der Waals surface area contributed by atoms with E-state index in [1.807, 2.05) is 23.1 Å². The van der Waals surface area contributed by atoms with Crippen LogP contribution >= 0.6 is 0 Å². The molecule has 1 N–H and O–H groups in total. The van der Waals surface area contributed by atoms with E-state index in [0.717, 1.165) is 55.8 Å². The molecule has 0 aromatic heterocycles. The number of hydrogen-bond acceptors (Lipinski definition) is 6. The van der Waals surface area contributed by atoms with Crippen LogP contribution in [0.4, 0.5) is 0 Å². The third kappa shape index (κ3) is 3.14. The molecule has 1 aliphatic carbocycles. The molecule has 2 aromatic carbocycles. The molecule has 7 aliphatic rings. The first-order valence-electron chi connectivity index (χ1n) is 13.9. The van der Waals surface area contributed by atoms with Gasteiger partial charge in [0, 0.05) is 24.7 Å². The second kappa shape index (κ2) is 7.95. The standard InChI is InChI=1S/C30H34N2O5/c33-24-9-8-21-14-23-25-10-11-30-29(12-13-31(23)16-20-6-7-20,15-22(21)26(24)35-18-36-30)27(37-25)28(34)32(30)17-19-4-2-1-3-5-19/h1-5,8-9,20,23,25,27,33H,6-7,10-18H2/t23?,25?,27-,29?,30?/m1/s1. The zero-order valence-corrected chi connectivity index (χ0v) is 21.1. The van der Waals surface area contributed by atoms with Crippen LogP contribution in [0.1, 0.15) is 48.8 Å². The van der Waals surface area contributed by atoms with Gasteiger partial charge < -0.3 is 24.2 Å². The summed E-state index contributed by atoms with van der Waals surface area (Å²) in [6.07, 6.45) is 5.87. The van der Waals surface area contributed by atoms with Gasteiger partial charge in [-0.25, -0.2) is 0 Å². The van der Waals surface area contributed by atoms with Gasteiger partial charge in [-0.3, -0.25) is 9.69 Å². The zero-order chi connectivity index (χ0) is 24.8. The highest BCUT2D eigenvalue weighted by Gasteiger charge is 2.72. The maximum atomic E-state index is 14.4. The molecular weight excluding hydrogens is 468 g/mol. The maximum absolute atomic E-state index is 14.4. The van der Waals surface area contributed by atoms with Crippen LogP contribution in [0.2, 0.25) is 0 Å². The Hall–Kier alpha value is -2.61. The van der Waals surface area contributed by atoms with Gasteiger partial charge in [-0.1, -0.05) is 36.4 Å². The minimum absolute atomic E-state index is 0.00304. The van der Waals surface area contributed by atoms with Crippen LogP contribution in [-0.2, 0) is 33.7 Å². The first-order chi connectivity index (χ1) is 18.1. The Balaban J connectivity index is 1.34. The number of aromatic hydroxyl groups is 1. The quantitative estimate of drug-likeness (QED) is 0.689. The third-order valence-corrected chi connectivity index (χ3v) is 10.2. The van der Waals surface area contributed by atoms with Crippen LogP contribution < -0.4 is 4.74 Å². The second-order valence-electron chi connectivity index (χ2n) is 12.0. The fourth-order valence-electron chi connectivity index (χ4n) is 8.17. The normalized spacial score (nSPS) is 36.3. The average Bonchev–Trinajstić information content (AvgIpc) is 3.68. The van der Waals surface area contributed by atoms with Gasteiger partial charge in [0.2, 0.25) is 0 Å². The van der Waals surface area contributed by atoms with E-state index in [9.17, 15) is 9.90 Å². The highest BCUT2D eigenvalue weighted by molar-refractivity contribution is 5.86. The van der Waals surface area contributed by atoms with E-state index in [0.29, 0.717) is 18.7 Å². The molecular formula is C30H34N2O5. The Morgan fingerprint density at radius 3 is 2.76 bits per heavy atom. The predicted octanol–water partition coefficient (Wildman–Crippen LogP) is 3.61. The maximum Gasteiger partial charge on any atom is 0.255 e. The van der Waals surface area contributed by atoms with E-state index in [1.165, 1.54) is 18.4 Å². The summed E-state index contributed by atoms with van der Waals surface area (Å²) < 4.78 is 20.0. The van der Waals surface area contributed by atoms with Gasteiger partial charge >= 0.3 is 0 Å². The van der Waals surface area contributed by atoms with Crippen LogP contribution in [0.25, 0.3) is 0 Å². The fourth-order valence-corrected chi connectivity index (χ4v) is 8.17. The number of phenols is 1. The number of fused-ring (bicyclic) bond motifs is 2. The number of carbonyl (C=O) groups excluding carboxylic acids is 1. The van der Waals surface area contributed by atoms with Gasteiger partial charge in [0.15, 0.2) is 24.0 Å². The Bertz CT molecular complexity index is 1250. The first-order valence-corrected chi connectivity index (χ1v) is 13.9. The molecule has 194 valence electrons. The summed E-state index contributed by atoms with van der Waals surface area (Å²) in [5.74, 6) is 1.47. The lowest BCUT2D eigenvalue weighted by atomic mass is 9.66. The van der Waals surface area contributed by atoms with Crippen molar-refractivity contribution in [3.8, 4) is 11.5 Å². The third-order valence-electron chi connectivity index (χ3n) is 10.2. The Morgan fingerprint density at radius 2 is 1.92 bits per heavy atom. The van der Waals surface area contributed by atoms with E-state index in [-0.39, 0.29) is 30.6 Å². The molecule has 7 nitrogen and oxygen atoms in total. The fraction of sp³-hybridized carbons (Fsp3) is 0.567. The number of amides is 1. The van der Waals surface area contributed by atoms with E-state index in [1.54, 1.807) is 6.07 Å². The highest BCUT2D eigenvalue weighted by atomic mass is 16.7. The van der Waals surface area contributed by atoms with Crippen molar-refractivity contribution < 1.29 is 24.1 Å². The summed E-state index contributed by atoms with van der Waals surface area (Å²) >= 11 is 0. The first kappa shape index (κ1) is 22.4. The Labute approximate surface area is 217 Å². The van der Waals surface area contributed by atoms with Crippen molar-refractivity contribution in [3.05, 3.63) is 59.2 Å². The van der Waals surface area contributed by atoms with Crippen molar-refractivity contribution in [3.63, 3.8) is 0 Å². The van der Waals surface area contributed by atoms with E-state index in [2.05, 4.69) is 23.1 Å². The van der Waals surface area contributed by atoms with Crippen LogP contribution in [0.5, 0.6) is 11.5 Å². The van der Waals surface area contributed by atoms with Gasteiger partial charge in [0.25, 0.3) is 5.91 Å². The van der Waals surface area contributed by atoms with Crippen molar-refractivity contribution >= 4 is 5.91 Å². The molecule has 1 amide bonds.